The van der Waals surface area contributed by atoms with Crippen molar-refractivity contribution in [2.24, 2.45) is 0 Å². The van der Waals surface area contributed by atoms with Crippen LogP contribution in [0.2, 0.25) is 0 Å². The highest BCUT2D eigenvalue weighted by molar-refractivity contribution is 5.94. The molecule has 0 atom stereocenters. The van der Waals surface area contributed by atoms with E-state index in [4.69, 9.17) is 9.47 Å². The van der Waals surface area contributed by atoms with Gasteiger partial charge in [0.15, 0.2) is 11.5 Å². The zero-order chi connectivity index (χ0) is 15.2. The van der Waals surface area contributed by atoms with Crippen LogP contribution in [0.3, 0.4) is 0 Å². The lowest BCUT2D eigenvalue weighted by Crippen LogP contribution is -2.25. The summed E-state index contributed by atoms with van der Waals surface area (Å²) in [6.45, 7) is 2.65. The Morgan fingerprint density at radius 1 is 1.27 bits per heavy atom. The molecule has 2 heterocycles. The molecular formula is C16H19N3O3. The molecule has 1 amide bonds. The number of carbonyl (C=O) groups is 1. The first-order valence-corrected chi connectivity index (χ1v) is 7.48. The predicted octanol–water partition coefficient (Wildman–Crippen LogP) is 1.86. The van der Waals surface area contributed by atoms with Crippen molar-refractivity contribution in [2.75, 3.05) is 19.8 Å². The van der Waals surface area contributed by atoms with Gasteiger partial charge in [0, 0.05) is 37.5 Å². The summed E-state index contributed by atoms with van der Waals surface area (Å²) in [6.07, 6.45) is 5.34. The van der Waals surface area contributed by atoms with Gasteiger partial charge >= 0.3 is 0 Å². The van der Waals surface area contributed by atoms with E-state index in [2.05, 4.69) is 10.4 Å². The Morgan fingerprint density at radius 3 is 2.95 bits per heavy atom. The number of aryl methyl sites for hydroxylation is 1. The van der Waals surface area contributed by atoms with Gasteiger partial charge in [0.2, 0.25) is 0 Å². The Hall–Kier alpha value is -2.50. The first-order valence-electron chi connectivity index (χ1n) is 7.48. The molecule has 1 aromatic heterocycles. The molecule has 0 unspecified atom stereocenters. The zero-order valence-electron chi connectivity index (χ0n) is 12.3. The fourth-order valence-corrected chi connectivity index (χ4v) is 2.28. The highest BCUT2D eigenvalue weighted by atomic mass is 16.5. The molecule has 2 aromatic rings. The van der Waals surface area contributed by atoms with Crippen LogP contribution in [0.15, 0.2) is 36.7 Å². The maximum Gasteiger partial charge on any atom is 0.251 e. The van der Waals surface area contributed by atoms with Gasteiger partial charge in [0.1, 0.15) is 0 Å². The minimum absolute atomic E-state index is 0.101. The summed E-state index contributed by atoms with van der Waals surface area (Å²) in [6, 6.07) is 7.18. The molecule has 0 spiro atoms. The van der Waals surface area contributed by atoms with Gasteiger partial charge in [0.25, 0.3) is 5.91 Å². The van der Waals surface area contributed by atoms with Gasteiger partial charge in [-0.25, -0.2) is 0 Å². The topological polar surface area (TPSA) is 65.4 Å². The monoisotopic (exact) mass is 301 g/mol. The summed E-state index contributed by atoms with van der Waals surface area (Å²) >= 11 is 0. The van der Waals surface area contributed by atoms with Crippen LogP contribution >= 0.6 is 0 Å². The fourth-order valence-electron chi connectivity index (χ4n) is 2.28. The Kier molecular flexibility index (Phi) is 4.58. The lowest BCUT2D eigenvalue weighted by atomic mass is 10.2. The highest BCUT2D eigenvalue weighted by Gasteiger charge is 2.13. The third-order valence-electron chi connectivity index (χ3n) is 3.42. The van der Waals surface area contributed by atoms with Crippen LogP contribution in [0.5, 0.6) is 11.5 Å². The van der Waals surface area contributed by atoms with Gasteiger partial charge in [-0.2, -0.15) is 5.10 Å². The second-order valence-corrected chi connectivity index (χ2v) is 5.09. The normalized spacial score (nSPS) is 13.5. The third kappa shape index (κ3) is 3.58. The SMILES string of the molecule is O=C(NCCCn1cccn1)c1ccc2c(c1)OCCCO2. The summed E-state index contributed by atoms with van der Waals surface area (Å²) < 4.78 is 13.0. The molecule has 3 rings (SSSR count). The fraction of sp³-hybridized carbons (Fsp3) is 0.375. The van der Waals surface area contributed by atoms with Crippen molar-refractivity contribution in [1.82, 2.24) is 15.1 Å². The van der Waals surface area contributed by atoms with Gasteiger partial charge in [-0.05, 0) is 30.7 Å². The van der Waals surface area contributed by atoms with Gasteiger partial charge in [-0.15, -0.1) is 0 Å². The van der Waals surface area contributed by atoms with Crippen molar-refractivity contribution in [2.45, 2.75) is 19.4 Å². The van der Waals surface area contributed by atoms with Crippen LogP contribution in [0.4, 0.5) is 0 Å². The standard InChI is InChI=1S/C16H19N3O3/c20-16(17-6-1-8-19-9-2-7-18-19)13-4-5-14-15(12-13)22-11-3-10-21-14/h2,4-5,7,9,12H,1,3,6,8,10-11H2,(H,17,20). The largest absolute Gasteiger partial charge is 0.490 e. The molecule has 0 saturated carbocycles. The van der Waals surface area contributed by atoms with Crippen LogP contribution in [-0.2, 0) is 6.54 Å². The average molecular weight is 301 g/mol. The van der Waals surface area contributed by atoms with Crippen molar-refractivity contribution in [3.05, 3.63) is 42.2 Å². The quantitative estimate of drug-likeness (QED) is 0.856. The van der Waals surface area contributed by atoms with E-state index in [-0.39, 0.29) is 5.91 Å². The summed E-state index contributed by atoms with van der Waals surface area (Å²) in [5, 5.41) is 7.03. The Bertz CT molecular complexity index is 626. The number of nitrogens with one attached hydrogen (secondary N) is 1. The van der Waals surface area contributed by atoms with Crippen LogP contribution in [0.1, 0.15) is 23.2 Å². The molecule has 22 heavy (non-hydrogen) atoms. The Morgan fingerprint density at radius 2 is 2.14 bits per heavy atom. The Balaban J connectivity index is 1.52. The molecule has 0 radical (unpaired) electrons. The number of nitrogens with zero attached hydrogens (tertiary/aromatic N) is 2. The van der Waals surface area contributed by atoms with E-state index < -0.39 is 0 Å². The number of hydrogen-bond donors (Lipinski definition) is 1. The van der Waals surface area contributed by atoms with E-state index in [1.54, 1.807) is 24.4 Å². The number of ether oxygens (including phenoxy) is 2. The zero-order valence-corrected chi connectivity index (χ0v) is 12.3. The minimum atomic E-state index is -0.101. The van der Waals surface area contributed by atoms with E-state index in [9.17, 15) is 4.79 Å². The number of amides is 1. The number of carbonyl (C=O) groups excluding carboxylic acids is 1. The van der Waals surface area contributed by atoms with Crippen molar-refractivity contribution in [3.8, 4) is 11.5 Å². The van der Waals surface area contributed by atoms with Crippen LogP contribution < -0.4 is 14.8 Å². The van der Waals surface area contributed by atoms with Crippen LogP contribution in [-0.4, -0.2) is 35.4 Å². The van der Waals surface area contributed by atoms with E-state index in [0.717, 1.165) is 19.4 Å². The summed E-state index contributed by atoms with van der Waals surface area (Å²) in [5.74, 6) is 1.24. The van der Waals surface area contributed by atoms with E-state index in [1.807, 2.05) is 16.9 Å². The molecule has 0 saturated heterocycles. The summed E-state index contributed by atoms with van der Waals surface area (Å²) in [7, 11) is 0. The number of rotatable bonds is 5. The molecule has 1 aliphatic heterocycles. The van der Waals surface area contributed by atoms with Gasteiger partial charge < -0.3 is 14.8 Å². The smallest absolute Gasteiger partial charge is 0.251 e. The summed E-state index contributed by atoms with van der Waals surface area (Å²) in [4.78, 5) is 12.1. The number of fused-ring (bicyclic) bond motifs is 1. The maximum absolute atomic E-state index is 12.1. The van der Waals surface area contributed by atoms with E-state index >= 15 is 0 Å². The summed E-state index contributed by atoms with van der Waals surface area (Å²) in [5.41, 5.74) is 0.586. The van der Waals surface area contributed by atoms with E-state index in [1.165, 1.54) is 0 Å². The molecule has 0 fully saturated rings. The van der Waals surface area contributed by atoms with Crippen molar-refractivity contribution in [1.29, 1.82) is 0 Å². The van der Waals surface area contributed by atoms with Crippen molar-refractivity contribution >= 4 is 5.91 Å². The van der Waals surface area contributed by atoms with Crippen LogP contribution in [0.25, 0.3) is 0 Å². The predicted molar refractivity (Wildman–Crippen MR) is 81.2 cm³/mol. The minimum Gasteiger partial charge on any atom is -0.490 e. The molecule has 0 aliphatic carbocycles. The van der Waals surface area contributed by atoms with Crippen molar-refractivity contribution < 1.29 is 14.3 Å². The second-order valence-electron chi connectivity index (χ2n) is 5.09. The molecule has 0 bridgehead atoms. The molecular weight excluding hydrogens is 282 g/mol. The van der Waals surface area contributed by atoms with Crippen LogP contribution in [0, 0.1) is 0 Å². The number of benzene rings is 1. The van der Waals surface area contributed by atoms with Gasteiger partial charge in [0.05, 0.1) is 13.2 Å². The second kappa shape index (κ2) is 6.98. The maximum atomic E-state index is 12.1. The third-order valence-corrected chi connectivity index (χ3v) is 3.42. The molecule has 6 nitrogen and oxygen atoms in total. The van der Waals surface area contributed by atoms with Gasteiger partial charge in [-0.1, -0.05) is 0 Å². The lowest BCUT2D eigenvalue weighted by Gasteiger charge is -2.10. The van der Waals surface area contributed by atoms with Gasteiger partial charge in [-0.3, -0.25) is 9.48 Å². The van der Waals surface area contributed by atoms with Crippen molar-refractivity contribution in [3.63, 3.8) is 0 Å². The molecule has 1 N–H and O–H groups in total. The number of hydrogen-bond acceptors (Lipinski definition) is 4. The van der Waals surface area contributed by atoms with E-state index in [0.29, 0.717) is 36.8 Å². The first kappa shape index (κ1) is 14.4. The highest BCUT2D eigenvalue weighted by Crippen LogP contribution is 2.30. The molecule has 116 valence electrons. The Labute approximate surface area is 129 Å². The molecule has 1 aliphatic rings. The first-order chi connectivity index (χ1) is 10.8. The molecule has 6 heteroatoms. The number of aromatic nitrogens is 2. The molecule has 1 aromatic carbocycles. The lowest BCUT2D eigenvalue weighted by molar-refractivity contribution is 0.0952. The average Bonchev–Trinajstić information content (AvgIpc) is 2.94.